The van der Waals surface area contributed by atoms with Crippen LogP contribution in [0.3, 0.4) is 0 Å². The van der Waals surface area contributed by atoms with Crippen LogP contribution in [0.25, 0.3) is 22.3 Å². The lowest BCUT2D eigenvalue weighted by molar-refractivity contribution is -0.119. The van der Waals surface area contributed by atoms with Crippen molar-refractivity contribution in [2.45, 2.75) is 32.9 Å². The summed E-state index contributed by atoms with van der Waals surface area (Å²) in [5.74, 6) is 0.815. The van der Waals surface area contributed by atoms with E-state index in [-0.39, 0.29) is 11.9 Å². The lowest BCUT2D eigenvalue weighted by Crippen LogP contribution is -2.34. The molecule has 0 spiro atoms. The number of carbonyl (C=O) groups is 1. The van der Waals surface area contributed by atoms with Gasteiger partial charge in [-0.2, -0.15) is 10.2 Å². The minimum atomic E-state index is -0.670. The third-order valence-electron chi connectivity index (χ3n) is 5.55. The molecule has 0 saturated heterocycles. The molecule has 2 heterocycles. The first kappa shape index (κ1) is 24.8. The van der Waals surface area contributed by atoms with Crippen molar-refractivity contribution in [3.8, 4) is 22.8 Å². The maximum Gasteiger partial charge on any atom is 0.286 e. The third kappa shape index (κ3) is 5.32. The van der Waals surface area contributed by atoms with Crippen molar-refractivity contribution in [3.63, 3.8) is 0 Å². The average molecular weight is 488 g/mol. The summed E-state index contributed by atoms with van der Waals surface area (Å²) < 4.78 is 12.7. The lowest BCUT2D eigenvalue weighted by atomic mass is 10.1. The van der Waals surface area contributed by atoms with Crippen molar-refractivity contribution in [1.82, 2.24) is 19.7 Å². The maximum atomic E-state index is 13.0. The van der Waals surface area contributed by atoms with Crippen LogP contribution in [0, 0.1) is 0 Å². The molecule has 2 aromatic carbocycles. The summed E-state index contributed by atoms with van der Waals surface area (Å²) in [7, 11) is 5.02. The van der Waals surface area contributed by atoms with Crippen LogP contribution in [-0.4, -0.2) is 52.0 Å². The smallest absolute Gasteiger partial charge is 0.286 e. The molecule has 0 aliphatic carbocycles. The first-order chi connectivity index (χ1) is 17.3. The molecular weight excluding hydrogens is 458 g/mol. The molecule has 0 saturated carbocycles. The lowest BCUT2D eigenvalue weighted by Gasteiger charge is -2.30. The number of hydrogen-bond donors (Lipinski definition) is 0. The van der Waals surface area contributed by atoms with Gasteiger partial charge >= 0.3 is 0 Å². The van der Waals surface area contributed by atoms with E-state index in [1.54, 1.807) is 44.3 Å². The van der Waals surface area contributed by atoms with E-state index in [1.807, 2.05) is 62.3 Å². The van der Waals surface area contributed by atoms with Gasteiger partial charge in [0, 0.05) is 48.4 Å². The van der Waals surface area contributed by atoms with E-state index >= 15 is 0 Å². The number of amides is 1. The molecule has 10 heteroatoms. The molecule has 1 unspecified atom stereocenters. The second-order valence-corrected chi connectivity index (χ2v) is 8.60. The van der Waals surface area contributed by atoms with Gasteiger partial charge in [-0.05, 0) is 39.0 Å². The minimum Gasteiger partial charge on any atom is -0.497 e. The largest absolute Gasteiger partial charge is 0.497 e. The molecule has 4 rings (SSSR count). The quantitative estimate of drug-likeness (QED) is 0.323. The summed E-state index contributed by atoms with van der Waals surface area (Å²) >= 11 is 0. The van der Waals surface area contributed by atoms with Crippen molar-refractivity contribution in [2.24, 2.45) is 17.3 Å². The molecule has 0 radical (unpaired) electrons. The number of aromatic nitrogens is 4. The summed E-state index contributed by atoms with van der Waals surface area (Å²) in [5.41, 5.74) is 4.41. The van der Waals surface area contributed by atoms with Crippen molar-refractivity contribution >= 4 is 28.3 Å². The first-order valence-corrected chi connectivity index (χ1v) is 11.5. The summed E-state index contributed by atoms with van der Waals surface area (Å²) in [4.78, 5) is 24.3. The first-order valence-electron chi connectivity index (χ1n) is 11.5. The Balaban J connectivity index is 1.84. The van der Waals surface area contributed by atoms with Crippen LogP contribution in [0.1, 0.15) is 20.8 Å². The molecule has 1 atom stereocenters. The van der Waals surface area contributed by atoms with Gasteiger partial charge in [0.15, 0.2) is 0 Å². The van der Waals surface area contributed by atoms with E-state index in [2.05, 4.69) is 20.3 Å². The van der Waals surface area contributed by atoms with E-state index in [4.69, 9.17) is 14.5 Å². The monoisotopic (exact) mass is 487 g/mol. The Morgan fingerprint density at radius 1 is 0.972 bits per heavy atom. The summed E-state index contributed by atoms with van der Waals surface area (Å²) in [6, 6.07) is 10.4. The molecule has 0 N–H and O–H groups in total. The number of fused-ring (bicyclic) bond motifs is 1. The Kier molecular flexibility index (Phi) is 7.23. The van der Waals surface area contributed by atoms with Crippen molar-refractivity contribution in [1.29, 1.82) is 0 Å². The molecule has 2 aromatic heterocycles. The topological polar surface area (TPSA) is 107 Å². The van der Waals surface area contributed by atoms with Gasteiger partial charge in [0.1, 0.15) is 17.5 Å². The van der Waals surface area contributed by atoms with Crippen LogP contribution in [0.5, 0.6) is 11.5 Å². The van der Waals surface area contributed by atoms with E-state index in [9.17, 15) is 4.79 Å². The SMILES string of the molecule is COc1cc(OC)cc(N(c2ccc3ncc(-c4cnn(C)c4)nc3c2)C(C)C(=O)N=NC(C)C)c1. The number of azo groups is 1. The molecule has 36 heavy (non-hydrogen) atoms. The highest BCUT2D eigenvalue weighted by atomic mass is 16.5. The van der Waals surface area contributed by atoms with Crippen molar-refractivity contribution in [2.75, 3.05) is 19.1 Å². The zero-order chi connectivity index (χ0) is 25.8. The highest BCUT2D eigenvalue weighted by Gasteiger charge is 2.25. The molecule has 0 fully saturated rings. The third-order valence-corrected chi connectivity index (χ3v) is 5.55. The van der Waals surface area contributed by atoms with Gasteiger partial charge in [-0.15, -0.1) is 5.11 Å². The number of ether oxygens (including phenoxy) is 2. The highest BCUT2D eigenvalue weighted by Crippen LogP contribution is 2.36. The minimum absolute atomic E-state index is 0.0895. The Labute approximate surface area is 209 Å². The summed E-state index contributed by atoms with van der Waals surface area (Å²) in [6.45, 7) is 5.53. The van der Waals surface area contributed by atoms with Crippen LogP contribution in [-0.2, 0) is 11.8 Å². The number of hydrogen-bond acceptors (Lipinski definition) is 8. The van der Waals surface area contributed by atoms with Gasteiger partial charge in [0.05, 0.1) is 49.4 Å². The Hall–Kier alpha value is -4.34. The van der Waals surface area contributed by atoms with Gasteiger partial charge in [0.2, 0.25) is 0 Å². The fourth-order valence-corrected chi connectivity index (χ4v) is 3.74. The van der Waals surface area contributed by atoms with E-state index in [0.717, 1.165) is 16.8 Å². The predicted octanol–water partition coefficient (Wildman–Crippen LogP) is 4.96. The van der Waals surface area contributed by atoms with Crippen LogP contribution >= 0.6 is 0 Å². The number of methoxy groups -OCH3 is 2. The van der Waals surface area contributed by atoms with Crippen molar-refractivity contribution < 1.29 is 14.3 Å². The zero-order valence-corrected chi connectivity index (χ0v) is 21.2. The number of nitrogens with zero attached hydrogens (tertiary/aromatic N) is 7. The molecular formula is C26H29N7O3. The van der Waals surface area contributed by atoms with Gasteiger partial charge in [-0.25, -0.2) is 4.98 Å². The van der Waals surface area contributed by atoms with E-state index in [0.29, 0.717) is 28.4 Å². The van der Waals surface area contributed by atoms with Crippen LogP contribution in [0.15, 0.2) is 65.2 Å². The van der Waals surface area contributed by atoms with Gasteiger partial charge < -0.3 is 14.4 Å². The van der Waals surface area contributed by atoms with E-state index in [1.165, 1.54) is 0 Å². The van der Waals surface area contributed by atoms with Crippen LogP contribution in [0.4, 0.5) is 11.4 Å². The molecule has 0 aliphatic rings. The Morgan fingerprint density at radius 3 is 2.31 bits per heavy atom. The number of anilines is 2. The second-order valence-electron chi connectivity index (χ2n) is 8.60. The highest BCUT2D eigenvalue weighted by molar-refractivity contribution is 5.90. The summed E-state index contributed by atoms with van der Waals surface area (Å²) in [5, 5.41) is 12.2. The number of carbonyl (C=O) groups excluding carboxylic acids is 1. The van der Waals surface area contributed by atoms with Crippen LogP contribution < -0.4 is 14.4 Å². The fraction of sp³-hybridized carbons (Fsp3) is 0.308. The standard InChI is InChI=1S/C26H29N7O3/c1-16(2)30-31-26(34)17(3)33(20-9-21(35-5)12-22(10-20)36-6)19-7-8-23-24(11-19)29-25(14-27-23)18-13-28-32(4)15-18/h7-17H,1-6H3. The summed E-state index contributed by atoms with van der Waals surface area (Å²) in [6.07, 6.45) is 5.35. The van der Waals surface area contributed by atoms with Crippen LogP contribution in [0.2, 0.25) is 0 Å². The number of benzene rings is 2. The van der Waals surface area contributed by atoms with Gasteiger partial charge in [-0.3, -0.25) is 14.5 Å². The fourth-order valence-electron chi connectivity index (χ4n) is 3.74. The zero-order valence-electron chi connectivity index (χ0n) is 21.2. The molecule has 10 nitrogen and oxygen atoms in total. The Morgan fingerprint density at radius 2 is 1.69 bits per heavy atom. The number of rotatable bonds is 8. The van der Waals surface area contributed by atoms with Gasteiger partial charge in [-0.1, -0.05) is 0 Å². The van der Waals surface area contributed by atoms with Gasteiger partial charge in [0.25, 0.3) is 5.91 Å². The number of aryl methyl sites for hydroxylation is 1. The second kappa shape index (κ2) is 10.5. The molecule has 0 bridgehead atoms. The molecule has 0 aliphatic heterocycles. The average Bonchev–Trinajstić information content (AvgIpc) is 3.32. The Bertz CT molecular complexity index is 1390. The van der Waals surface area contributed by atoms with E-state index < -0.39 is 6.04 Å². The normalized spacial score (nSPS) is 12.3. The molecule has 4 aromatic rings. The predicted molar refractivity (Wildman–Crippen MR) is 138 cm³/mol. The molecule has 186 valence electrons. The maximum absolute atomic E-state index is 13.0. The van der Waals surface area contributed by atoms with Crippen molar-refractivity contribution in [3.05, 3.63) is 55.0 Å². The molecule has 1 amide bonds.